The minimum Gasteiger partial charge on any atom is -0.384 e. The van der Waals surface area contributed by atoms with E-state index in [-0.39, 0.29) is 5.69 Å². The van der Waals surface area contributed by atoms with Gasteiger partial charge in [-0.2, -0.15) is 0 Å². The van der Waals surface area contributed by atoms with E-state index < -0.39 is 0 Å². The maximum absolute atomic E-state index is 11.3. The van der Waals surface area contributed by atoms with Crippen molar-refractivity contribution in [2.75, 3.05) is 19.5 Å². The molecule has 0 atom stereocenters. The number of nitrogens with zero attached hydrogens (tertiary/aromatic N) is 2. The van der Waals surface area contributed by atoms with Crippen LogP contribution < -0.4 is 5.69 Å². The Hall–Kier alpha value is -0.750. The topological polar surface area (TPSA) is 59.9 Å². The smallest absolute Gasteiger partial charge is 0.343 e. The molecule has 6 heteroatoms. The zero-order valence-electron chi connectivity index (χ0n) is 8.45. The van der Waals surface area contributed by atoms with Crippen molar-refractivity contribution in [1.29, 1.82) is 0 Å². The first-order valence-corrected chi connectivity index (χ1v) is 5.55. The van der Waals surface area contributed by atoms with Crippen molar-refractivity contribution in [2.24, 2.45) is 0 Å². The number of methoxy groups -OCH3 is 1. The molecule has 0 aliphatic carbocycles. The van der Waals surface area contributed by atoms with Crippen molar-refractivity contribution in [3.63, 3.8) is 0 Å². The van der Waals surface area contributed by atoms with E-state index in [2.05, 4.69) is 10.2 Å². The van der Waals surface area contributed by atoms with Gasteiger partial charge >= 0.3 is 5.69 Å². The molecule has 1 heterocycles. The van der Waals surface area contributed by atoms with Crippen LogP contribution in [0.1, 0.15) is 13.3 Å². The molecule has 0 aliphatic rings. The highest BCUT2D eigenvalue weighted by atomic mass is 32.2. The van der Waals surface area contributed by atoms with Gasteiger partial charge in [0.25, 0.3) is 0 Å². The van der Waals surface area contributed by atoms with Crippen molar-refractivity contribution < 1.29 is 4.74 Å². The van der Waals surface area contributed by atoms with Crippen LogP contribution in [0.15, 0.2) is 9.95 Å². The largest absolute Gasteiger partial charge is 0.384 e. The minimum atomic E-state index is -0.133. The van der Waals surface area contributed by atoms with Crippen molar-refractivity contribution >= 4 is 11.8 Å². The summed E-state index contributed by atoms with van der Waals surface area (Å²) in [4.78, 5) is 11.3. The van der Waals surface area contributed by atoms with E-state index in [0.717, 1.165) is 17.3 Å². The number of hydrogen-bond acceptors (Lipinski definition) is 4. The number of hydrogen-bond donors (Lipinski definition) is 1. The highest BCUT2D eigenvalue weighted by Crippen LogP contribution is 2.12. The number of aromatic amines is 1. The third-order valence-electron chi connectivity index (χ3n) is 1.69. The highest BCUT2D eigenvalue weighted by molar-refractivity contribution is 7.99. The Morgan fingerprint density at radius 3 is 3.07 bits per heavy atom. The molecular weight excluding hydrogens is 202 g/mol. The van der Waals surface area contributed by atoms with Gasteiger partial charge in [-0.25, -0.2) is 9.89 Å². The minimum absolute atomic E-state index is 0.133. The maximum Gasteiger partial charge on any atom is 0.343 e. The fourth-order valence-electron chi connectivity index (χ4n) is 1.05. The molecule has 0 bridgehead atoms. The molecule has 5 nitrogen and oxygen atoms in total. The van der Waals surface area contributed by atoms with Crippen LogP contribution in [0.5, 0.6) is 0 Å². The van der Waals surface area contributed by atoms with Crippen LogP contribution in [0.2, 0.25) is 0 Å². The summed E-state index contributed by atoms with van der Waals surface area (Å²) in [6, 6.07) is 0. The Kier molecular flexibility index (Phi) is 4.75. The molecule has 0 fully saturated rings. The summed E-state index contributed by atoms with van der Waals surface area (Å²) >= 11 is 1.53. The van der Waals surface area contributed by atoms with Gasteiger partial charge in [0.15, 0.2) is 5.16 Å². The third kappa shape index (κ3) is 2.88. The van der Waals surface area contributed by atoms with E-state index in [9.17, 15) is 4.79 Å². The SMILES string of the molecule is CCCn1c(SCCOC)n[nH]c1=O. The average Bonchev–Trinajstić information content (AvgIpc) is 2.51. The predicted molar refractivity (Wildman–Crippen MR) is 55.7 cm³/mol. The molecule has 0 saturated heterocycles. The van der Waals surface area contributed by atoms with Gasteiger partial charge in [0.05, 0.1) is 6.61 Å². The second kappa shape index (κ2) is 5.87. The van der Waals surface area contributed by atoms with Crippen LogP contribution >= 0.6 is 11.8 Å². The summed E-state index contributed by atoms with van der Waals surface area (Å²) in [5, 5.41) is 7.13. The number of thioether (sulfide) groups is 1. The summed E-state index contributed by atoms with van der Waals surface area (Å²) in [5.41, 5.74) is -0.133. The Labute approximate surface area is 86.8 Å². The Morgan fingerprint density at radius 1 is 1.64 bits per heavy atom. The summed E-state index contributed by atoms with van der Waals surface area (Å²) in [6.07, 6.45) is 0.928. The molecule has 80 valence electrons. The summed E-state index contributed by atoms with van der Waals surface area (Å²) in [5.74, 6) is 0.810. The number of ether oxygens (including phenoxy) is 1. The zero-order chi connectivity index (χ0) is 10.4. The van der Waals surface area contributed by atoms with Crippen LogP contribution in [0.25, 0.3) is 0 Å². The van der Waals surface area contributed by atoms with Gasteiger partial charge in [0.2, 0.25) is 0 Å². The van der Waals surface area contributed by atoms with Gasteiger partial charge in [-0.15, -0.1) is 5.10 Å². The summed E-state index contributed by atoms with van der Waals surface area (Å²) < 4.78 is 6.58. The lowest BCUT2D eigenvalue weighted by molar-refractivity contribution is 0.218. The number of nitrogens with one attached hydrogen (secondary N) is 1. The van der Waals surface area contributed by atoms with Gasteiger partial charge < -0.3 is 4.74 Å². The van der Waals surface area contributed by atoms with Crippen LogP contribution in [0.3, 0.4) is 0 Å². The molecule has 0 aromatic carbocycles. The molecule has 1 rings (SSSR count). The van der Waals surface area contributed by atoms with Gasteiger partial charge in [-0.1, -0.05) is 18.7 Å². The lowest BCUT2D eigenvalue weighted by Gasteiger charge is -2.02. The normalized spacial score (nSPS) is 10.7. The predicted octanol–water partition coefficient (Wildman–Crippen LogP) is 0.720. The highest BCUT2D eigenvalue weighted by Gasteiger charge is 2.06. The number of aromatic nitrogens is 3. The molecule has 1 aromatic rings. The van der Waals surface area contributed by atoms with E-state index >= 15 is 0 Å². The van der Waals surface area contributed by atoms with Crippen LogP contribution in [0.4, 0.5) is 0 Å². The Morgan fingerprint density at radius 2 is 2.43 bits per heavy atom. The van der Waals surface area contributed by atoms with Crippen molar-refractivity contribution in [1.82, 2.24) is 14.8 Å². The van der Waals surface area contributed by atoms with Crippen LogP contribution in [-0.4, -0.2) is 34.2 Å². The summed E-state index contributed by atoms with van der Waals surface area (Å²) in [7, 11) is 1.66. The third-order valence-corrected chi connectivity index (χ3v) is 2.63. The Bertz CT molecular complexity index is 321. The lowest BCUT2D eigenvalue weighted by Crippen LogP contribution is -2.17. The summed E-state index contributed by atoms with van der Waals surface area (Å²) in [6.45, 7) is 3.41. The van der Waals surface area contributed by atoms with Crippen molar-refractivity contribution in [3.8, 4) is 0 Å². The van der Waals surface area contributed by atoms with Crippen molar-refractivity contribution in [2.45, 2.75) is 25.0 Å². The molecule has 14 heavy (non-hydrogen) atoms. The first-order valence-electron chi connectivity index (χ1n) is 4.56. The fraction of sp³-hybridized carbons (Fsp3) is 0.750. The van der Waals surface area contributed by atoms with Crippen molar-refractivity contribution in [3.05, 3.63) is 10.5 Å². The first-order chi connectivity index (χ1) is 6.79. The van der Waals surface area contributed by atoms with Gasteiger partial charge in [0, 0.05) is 19.4 Å². The van der Waals surface area contributed by atoms with Gasteiger partial charge in [-0.05, 0) is 6.42 Å². The first kappa shape index (κ1) is 11.3. The van der Waals surface area contributed by atoms with Crippen LogP contribution in [-0.2, 0) is 11.3 Å². The average molecular weight is 217 g/mol. The Balaban J connectivity index is 2.61. The standard InChI is InChI=1S/C8H15N3O2S/c1-3-4-11-7(12)9-10-8(11)14-6-5-13-2/h3-6H2,1-2H3,(H,9,12). The molecule has 0 saturated carbocycles. The number of rotatable bonds is 6. The zero-order valence-corrected chi connectivity index (χ0v) is 9.26. The monoisotopic (exact) mass is 217 g/mol. The van der Waals surface area contributed by atoms with Crippen LogP contribution in [0, 0.1) is 0 Å². The molecular formula is C8H15N3O2S. The van der Waals surface area contributed by atoms with E-state index in [1.807, 2.05) is 6.92 Å². The lowest BCUT2D eigenvalue weighted by atomic mass is 10.5. The maximum atomic E-state index is 11.3. The second-order valence-corrected chi connectivity index (χ2v) is 3.87. The van der Waals surface area contributed by atoms with E-state index in [4.69, 9.17) is 4.74 Å². The molecule has 0 amide bonds. The molecule has 0 aliphatic heterocycles. The molecule has 1 aromatic heterocycles. The van der Waals surface area contributed by atoms with Gasteiger partial charge in [-0.3, -0.25) is 4.57 Å². The number of H-pyrrole nitrogens is 1. The molecule has 0 spiro atoms. The fourth-order valence-corrected chi connectivity index (χ4v) is 1.92. The van der Waals surface area contributed by atoms with E-state index in [1.165, 1.54) is 11.8 Å². The molecule has 0 unspecified atom stereocenters. The van der Waals surface area contributed by atoms with E-state index in [1.54, 1.807) is 11.7 Å². The molecule has 1 N–H and O–H groups in total. The van der Waals surface area contributed by atoms with Gasteiger partial charge in [0.1, 0.15) is 0 Å². The molecule has 0 radical (unpaired) electrons. The quantitative estimate of drug-likeness (QED) is 0.563. The van der Waals surface area contributed by atoms with E-state index in [0.29, 0.717) is 13.2 Å². The second-order valence-electron chi connectivity index (χ2n) is 2.80.